The fraction of sp³-hybridized carbons (Fsp3) is 0.875. The van der Waals surface area contributed by atoms with Crippen LogP contribution in [0.15, 0.2) is 0 Å². The van der Waals surface area contributed by atoms with Crippen molar-refractivity contribution in [3.63, 3.8) is 0 Å². The molecule has 0 aromatic carbocycles. The van der Waals surface area contributed by atoms with E-state index in [-0.39, 0.29) is 0 Å². The summed E-state index contributed by atoms with van der Waals surface area (Å²) in [4.78, 5) is 0. The molecule has 2 unspecified atom stereocenters. The first-order chi connectivity index (χ1) is 4.20. The Kier molecular flexibility index (Phi) is 5.36. The highest BCUT2D eigenvalue weighted by Crippen LogP contribution is 2.20. The van der Waals surface area contributed by atoms with Gasteiger partial charge in [-0.25, -0.2) is 0 Å². The molecule has 2 atom stereocenters. The Morgan fingerprint density at radius 3 is 2.22 bits per heavy atom. The van der Waals surface area contributed by atoms with E-state index in [9.17, 15) is 0 Å². The SMILES string of the molecule is [CH2]C(CC)SC(C)CC. The fourth-order valence-electron chi connectivity index (χ4n) is 0.521. The van der Waals surface area contributed by atoms with E-state index in [1.165, 1.54) is 12.8 Å². The van der Waals surface area contributed by atoms with Crippen molar-refractivity contribution in [3.8, 4) is 0 Å². The van der Waals surface area contributed by atoms with Crippen LogP contribution in [0.4, 0.5) is 0 Å². The predicted molar refractivity (Wildman–Crippen MR) is 46.8 cm³/mol. The summed E-state index contributed by atoms with van der Waals surface area (Å²) >= 11 is 1.99. The van der Waals surface area contributed by atoms with E-state index in [2.05, 4.69) is 27.7 Å². The highest BCUT2D eigenvalue weighted by Gasteiger charge is 2.03. The Morgan fingerprint density at radius 2 is 1.89 bits per heavy atom. The van der Waals surface area contributed by atoms with E-state index in [1.54, 1.807) is 0 Å². The Balaban J connectivity index is 3.22. The number of thioether (sulfide) groups is 1. The molecule has 0 aromatic rings. The summed E-state index contributed by atoms with van der Waals surface area (Å²) < 4.78 is 0. The van der Waals surface area contributed by atoms with E-state index in [0.29, 0.717) is 5.25 Å². The maximum absolute atomic E-state index is 4.01. The largest absolute Gasteiger partial charge is 0.155 e. The molecule has 0 aliphatic rings. The standard InChI is InChI=1S/C8H17S/c1-5-7(3)9-8(4)6-2/h7-8H,3,5-6H2,1-2,4H3. The van der Waals surface area contributed by atoms with E-state index >= 15 is 0 Å². The molecule has 0 rings (SSSR count). The smallest absolute Gasteiger partial charge is 0.00475 e. The Hall–Kier alpha value is 0.350. The first-order valence-electron chi connectivity index (χ1n) is 3.69. The van der Waals surface area contributed by atoms with E-state index in [1.807, 2.05) is 11.8 Å². The van der Waals surface area contributed by atoms with Crippen LogP contribution < -0.4 is 0 Å². The van der Waals surface area contributed by atoms with Crippen LogP contribution in [0.2, 0.25) is 0 Å². The summed E-state index contributed by atoms with van der Waals surface area (Å²) in [5, 5.41) is 1.38. The lowest BCUT2D eigenvalue weighted by atomic mass is 10.4. The highest BCUT2D eigenvalue weighted by atomic mass is 32.2. The Bertz CT molecular complexity index is 53.6. The molecule has 0 aliphatic heterocycles. The molecule has 0 saturated heterocycles. The van der Waals surface area contributed by atoms with Gasteiger partial charge in [0.15, 0.2) is 0 Å². The minimum absolute atomic E-state index is 0.597. The van der Waals surface area contributed by atoms with Gasteiger partial charge < -0.3 is 0 Å². The third-order valence-electron chi connectivity index (χ3n) is 1.46. The third-order valence-corrected chi connectivity index (χ3v) is 2.97. The van der Waals surface area contributed by atoms with E-state index in [4.69, 9.17) is 0 Å². The van der Waals surface area contributed by atoms with Gasteiger partial charge in [-0.05, 0) is 19.8 Å². The molecule has 1 radical (unpaired) electrons. The number of hydrogen-bond donors (Lipinski definition) is 0. The zero-order valence-electron chi connectivity index (χ0n) is 6.68. The van der Waals surface area contributed by atoms with Gasteiger partial charge in [0.25, 0.3) is 0 Å². The second kappa shape index (κ2) is 5.16. The van der Waals surface area contributed by atoms with Gasteiger partial charge in [-0.15, -0.1) is 0 Å². The summed E-state index contributed by atoms with van der Waals surface area (Å²) in [6, 6.07) is 0. The highest BCUT2D eigenvalue weighted by molar-refractivity contribution is 8.00. The zero-order valence-corrected chi connectivity index (χ0v) is 7.50. The van der Waals surface area contributed by atoms with Crippen LogP contribution in [0, 0.1) is 6.92 Å². The molecular weight excluding hydrogens is 128 g/mol. The van der Waals surface area contributed by atoms with Gasteiger partial charge >= 0.3 is 0 Å². The number of rotatable bonds is 4. The van der Waals surface area contributed by atoms with Gasteiger partial charge in [0.05, 0.1) is 0 Å². The average Bonchev–Trinajstić information content (AvgIpc) is 1.87. The summed E-state index contributed by atoms with van der Waals surface area (Å²) in [6.07, 6.45) is 2.45. The van der Waals surface area contributed by atoms with Crippen molar-refractivity contribution in [2.45, 2.75) is 44.1 Å². The second-order valence-electron chi connectivity index (χ2n) is 2.39. The first kappa shape index (κ1) is 9.35. The van der Waals surface area contributed by atoms with E-state index < -0.39 is 0 Å². The molecule has 0 bridgehead atoms. The average molecular weight is 145 g/mol. The lowest BCUT2D eigenvalue weighted by molar-refractivity contribution is 0.885. The van der Waals surface area contributed by atoms with Crippen molar-refractivity contribution in [3.05, 3.63) is 6.92 Å². The maximum atomic E-state index is 4.01. The first-order valence-corrected chi connectivity index (χ1v) is 4.63. The van der Waals surface area contributed by atoms with Crippen LogP contribution >= 0.6 is 11.8 Å². The predicted octanol–water partition coefficient (Wildman–Crippen LogP) is 3.13. The molecule has 0 spiro atoms. The monoisotopic (exact) mass is 145 g/mol. The van der Waals surface area contributed by atoms with Gasteiger partial charge in [-0.3, -0.25) is 0 Å². The number of hydrogen-bond acceptors (Lipinski definition) is 1. The minimum atomic E-state index is 0.597. The molecule has 0 nitrogen and oxygen atoms in total. The van der Waals surface area contributed by atoms with Gasteiger partial charge in [-0.1, -0.05) is 20.8 Å². The lowest BCUT2D eigenvalue weighted by Gasteiger charge is -2.12. The third kappa shape index (κ3) is 4.83. The minimum Gasteiger partial charge on any atom is -0.155 e. The van der Waals surface area contributed by atoms with Gasteiger partial charge in [0, 0.05) is 10.5 Å². The topological polar surface area (TPSA) is 0 Å². The molecule has 0 heterocycles. The van der Waals surface area contributed by atoms with Crippen LogP contribution in [-0.4, -0.2) is 10.5 Å². The van der Waals surface area contributed by atoms with Crippen LogP contribution in [0.3, 0.4) is 0 Å². The molecule has 1 heteroatoms. The normalized spacial score (nSPS) is 17.3. The van der Waals surface area contributed by atoms with Gasteiger partial charge in [0.2, 0.25) is 0 Å². The second-order valence-corrected chi connectivity index (χ2v) is 4.13. The molecule has 0 amide bonds. The van der Waals surface area contributed by atoms with Crippen LogP contribution in [0.5, 0.6) is 0 Å². The maximum Gasteiger partial charge on any atom is 0.00475 e. The molecule has 0 aliphatic carbocycles. The van der Waals surface area contributed by atoms with Crippen LogP contribution in [-0.2, 0) is 0 Å². The van der Waals surface area contributed by atoms with Crippen LogP contribution in [0.25, 0.3) is 0 Å². The lowest BCUT2D eigenvalue weighted by Crippen LogP contribution is -2.01. The Labute approximate surface area is 63.4 Å². The van der Waals surface area contributed by atoms with Crippen molar-refractivity contribution in [1.29, 1.82) is 0 Å². The van der Waals surface area contributed by atoms with Gasteiger partial charge in [-0.2, -0.15) is 11.8 Å². The van der Waals surface area contributed by atoms with Crippen molar-refractivity contribution in [2.75, 3.05) is 0 Å². The summed E-state index contributed by atoms with van der Waals surface area (Å²) in [5.41, 5.74) is 0. The molecule has 55 valence electrons. The molecule has 9 heavy (non-hydrogen) atoms. The van der Waals surface area contributed by atoms with Crippen molar-refractivity contribution in [1.82, 2.24) is 0 Å². The zero-order chi connectivity index (χ0) is 7.28. The molecule has 0 N–H and O–H groups in total. The summed E-state index contributed by atoms with van der Waals surface area (Å²) in [6.45, 7) is 10.7. The van der Waals surface area contributed by atoms with Crippen molar-refractivity contribution >= 4 is 11.8 Å². The quantitative estimate of drug-likeness (QED) is 0.585. The van der Waals surface area contributed by atoms with Crippen molar-refractivity contribution in [2.24, 2.45) is 0 Å². The van der Waals surface area contributed by atoms with Gasteiger partial charge in [0.1, 0.15) is 0 Å². The molecule has 0 fully saturated rings. The van der Waals surface area contributed by atoms with Crippen LogP contribution in [0.1, 0.15) is 33.6 Å². The van der Waals surface area contributed by atoms with E-state index in [0.717, 1.165) is 5.25 Å². The Morgan fingerprint density at radius 1 is 1.33 bits per heavy atom. The molecule has 0 saturated carbocycles. The molecular formula is C8H17S. The molecule has 0 aromatic heterocycles. The fourth-order valence-corrected chi connectivity index (χ4v) is 1.56. The summed E-state index contributed by atoms with van der Waals surface area (Å²) in [7, 11) is 0. The van der Waals surface area contributed by atoms with Crippen molar-refractivity contribution < 1.29 is 0 Å². The summed E-state index contributed by atoms with van der Waals surface area (Å²) in [5.74, 6) is 0.